The van der Waals surface area contributed by atoms with Gasteiger partial charge in [0.2, 0.25) is 0 Å². The zero-order chi connectivity index (χ0) is 15.0. The summed E-state index contributed by atoms with van der Waals surface area (Å²) in [7, 11) is 0. The quantitative estimate of drug-likeness (QED) is 0.683. The molecule has 1 rings (SSSR count). The lowest BCUT2D eigenvalue weighted by molar-refractivity contribution is 0.00983. The zero-order valence-electron chi connectivity index (χ0n) is 11.4. The van der Waals surface area contributed by atoms with E-state index >= 15 is 0 Å². The molecule has 2 N–H and O–H groups in total. The molecule has 1 unspecified atom stereocenters. The summed E-state index contributed by atoms with van der Waals surface area (Å²) in [4.78, 5) is 0. The maximum Gasteiger partial charge on any atom is 0.190 e. The van der Waals surface area contributed by atoms with E-state index in [9.17, 15) is 13.9 Å². The van der Waals surface area contributed by atoms with E-state index in [-0.39, 0.29) is 18.8 Å². The third kappa shape index (κ3) is 5.40. The SMILES string of the molecule is CCCCOCC(O)COc1c(F)cc(CO)cc1F. The van der Waals surface area contributed by atoms with Crippen molar-refractivity contribution in [3.05, 3.63) is 29.3 Å². The minimum atomic E-state index is -0.955. The van der Waals surface area contributed by atoms with E-state index in [0.717, 1.165) is 25.0 Å². The summed E-state index contributed by atoms with van der Waals surface area (Å²) in [6.07, 6.45) is 0.919. The van der Waals surface area contributed by atoms with Gasteiger partial charge in [0, 0.05) is 6.61 Å². The first-order valence-electron chi connectivity index (χ1n) is 6.55. The van der Waals surface area contributed by atoms with Crippen LogP contribution in [0.15, 0.2) is 12.1 Å². The van der Waals surface area contributed by atoms with Crippen LogP contribution in [0.2, 0.25) is 0 Å². The first-order valence-corrected chi connectivity index (χ1v) is 6.55. The minimum absolute atomic E-state index is 0.0535. The zero-order valence-corrected chi connectivity index (χ0v) is 11.4. The van der Waals surface area contributed by atoms with Gasteiger partial charge in [0.1, 0.15) is 12.7 Å². The fourth-order valence-electron chi connectivity index (χ4n) is 1.53. The maximum atomic E-state index is 13.5. The van der Waals surface area contributed by atoms with Crippen molar-refractivity contribution in [2.45, 2.75) is 32.5 Å². The Hall–Kier alpha value is -1.24. The summed E-state index contributed by atoms with van der Waals surface area (Å²) < 4.78 is 37.1. The van der Waals surface area contributed by atoms with Crippen molar-refractivity contribution in [2.24, 2.45) is 0 Å². The smallest absolute Gasteiger partial charge is 0.190 e. The summed E-state index contributed by atoms with van der Waals surface area (Å²) in [6.45, 7) is 1.88. The molecule has 0 heterocycles. The van der Waals surface area contributed by atoms with E-state index in [0.29, 0.717) is 6.61 Å². The van der Waals surface area contributed by atoms with Gasteiger partial charge in [-0.25, -0.2) is 8.78 Å². The molecular formula is C14H20F2O4. The predicted octanol–water partition coefficient (Wildman–Crippen LogP) is 2.01. The van der Waals surface area contributed by atoms with Crippen LogP contribution in [0.25, 0.3) is 0 Å². The van der Waals surface area contributed by atoms with Crippen molar-refractivity contribution in [1.82, 2.24) is 0 Å². The molecule has 0 fully saturated rings. The second kappa shape index (κ2) is 8.84. The van der Waals surface area contributed by atoms with Gasteiger partial charge < -0.3 is 19.7 Å². The van der Waals surface area contributed by atoms with E-state index < -0.39 is 30.1 Å². The lowest BCUT2D eigenvalue weighted by Gasteiger charge is -2.14. The first-order chi connectivity index (χ1) is 9.58. The molecular weight excluding hydrogens is 270 g/mol. The number of aliphatic hydroxyl groups is 2. The number of hydrogen-bond acceptors (Lipinski definition) is 4. The van der Waals surface area contributed by atoms with E-state index in [1.807, 2.05) is 6.92 Å². The van der Waals surface area contributed by atoms with E-state index in [4.69, 9.17) is 14.6 Å². The molecule has 1 atom stereocenters. The molecule has 0 saturated heterocycles. The van der Waals surface area contributed by atoms with Crippen molar-refractivity contribution in [2.75, 3.05) is 19.8 Å². The molecule has 0 aliphatic rings. The fraction of sp³-hybridized carbons (Fsp3) is 0.571. The Morgan fingerprint density at radius 1 is 1.20 bits per heavy atom. The van der Waals surface area contributed by atoms with E-state index in [1.54, 1.807) is 0 Å². The van der Waals surface area contributed by atoms with E-state index in [2.05, 4.69) is 0 Å². The third-order valence-corrected chi connectivity index (χ3v) is 2.61. The average molecular weight is 290 g/mol. The molecule has 0 amide bonds. The average Bonchev–Trinajstić information content (AvgIpc) is 2.42. The minimum Gasteiger partial charge on any atom is -0.485 e. The second-order valence-electron chi connectivity index (χ2n) is 4.44. The van der Waals surface area contributed by atoms with Crippen molar-refractivity contribution in [1.29, 1.82) is 0 Å². The van der Waals surface area contributed by atoms with Crippen LogP contribution in [0.4, 0.5) is 8.78 Å². The van der Waals surface area contributed by atoms with Gasteiger partial charge >= 0.3 is 0 Å². The van der Waals surface area contributed by atoms with Crippen LogP contribution >= 0.6 is 0 Å². The van der Waals surface area contributed by atoms with Crippen LogP contribution in [0.1, 0.15) is 25.3 Å². The number of halogens is 2. The van der Waals surface area contributed by atoms with Gasteiger partial charge in [-0.15, -0.1) is 0 Å². The van der Waals surface area contributed by atoms with Crippen molar-refractivity contribution in [3.63, 3.8) is 0 Å². The normalized spacial score (nSPS) is 12.4. The number of benzene rings is 1. The molecule has 0 bridgehead atoms. The first kappa shape index (κ1) is 16.8. The number of rotatable bonds is 9. The monoisotopic (exact) mass is 290 g/mol. The topological polar surface area (TPSA) is 58.9 Å². The largest absolute Gasteiger partial charge is 0.485 e. The van der Waals surface area contributed by atoms with Gasteiger partial charge in [-0.1, -0.05) is 13.3 Å². The van der Waals surface area contributed by atoms with Crippen LogP contribution < -0.4 is 4.74 Å². The molecule has 0 spiro atoms. The van der Waals surface area contributed by atoms with Crippen molar-refractivity contribution in [3.8, 4) is 5.75 Å². The van der Waals surface area contributed by atoms with Crippen LogP contribution in [-0.2, 0) is 11.3 Å². The van der Waals surface area contributed by atoms with Gasteiger partial charge in [-0.05, 0) is 24.1 Å². The van der Waals surface area contributed by atoms with Crippen LogP contribution in [-0.4, -0.2) is 36.1 Å². The number of hydrogen-bond donors (Lipinski definition) is 2. The molecule has 0 aliphatic carbocycles. The maximum absolute atomic E-state index is 13.5. The Bertz CT molecular complexity index is 389. The lowest BCUT2D eigenvalue weighted by Crippen LogP contribution is -2.24. The summed E-state index contributed by atoms with van der Waals surface area (Å²) in [5, 5.41) is 18.4. The summed E-state index contributed by atoms with van der Waals surface area (Å²) in [5.74, 6) is -2.38. The number of unbranched alkanes of at least 4 members (excludes halogenated alkanes) is 1. The van der Waals surface area contributed by atoms with Gasteiger partial charge in [-0.3, -0.25) is 0 Å². The number of aliphatic hydroxyl groups excluding tert-OH is 2. The highest BCUT2D eigenvalue weighted by molar-refractivity contribution is 5.31. The lowest BCUT2D eigenvalue weighted by atomic mass is 10.2. The molecule has 20 heavy (non-hydrogen) atoms. The van der Waals surface area contributed by atoms with E-state index in [1.165, 1.54) is 0 Å². The molecule has 1 aromatic carbocycles. The molecule has 6 heteroatoms. The van der Waals surface area contributed by atoms with Crippen molar-refractivity contribution < 1.29 is 28.5 Å². The highest BCUT2D eigenvalue weighted by Gasteiger charge is 2.14. The summed E-state index contributed by atoms with van der Waals surface area (Å²) in [6, 6.07) is 1.98. The fourth-order valence-corrected chi connectivity index (χ4v) is 1.53. The summed E-state index contributed by atoms with van der Waals surface area (Å²) >= 11 is 0. The Labute approximate surface area is 116 Å². The Morgan fingerprint density at radius 3 is 2.40 bits per heavy atom. The van der Waals surface area contributed by atoms with Crippen LogP contribution in [0.3, 0.4) is 0 Å². The van der Waals surface area contributed by atoms with Crippen LogP contribution in [0.5, 0.6) is 5.75 Å². The molecule has 0 radical (unpaired) electrons. The second-order valence-corrected chi connectivity index (χ2v) is 4.44. The Morgan fingerprint density at radius 2 is 1.85 bits per heavy atom. The summed E-state index contributed by atoms with van der Waals surface area (Å²) in [5.41, 5.74) is 0.121. The Balaban J connectivity index is 2.45. The highest BCUT2D eigenvalue weighted by atomic mass is 19.1. The van der Waals surface area contributed by atoms with Gasteiger partial charge in [0.25, 0.3) is 0 Å². The predicted molar refractivity (Wildman–Crippen MR) is 69.5 cm³/mol. The van der Waals surface area contributed by atoms with Gasteiger partial charge in [0.15, 0.2) is 17.4 Å². The molecule has 4 nitrogen and oxygen atoms in total. The molecule has 114 valence electrons. The highest BCUT2D eigenvalue weighted by Crippen LogP contribution is 2.23. The standard InChI is InChI=1S/C14H20F2O4/c1-2-3-4-19-8-11(18)9-20-14-12(15)5-10(7-17)6-13(14)16/h5-6,11,17-18H,2-4,7-9H2,1H3. The molecule has 1 aromatic rings. The van der Waals surface area contributed by atoms with Gasteiger partial charge in [0.05, 0.1) is 13.2 Å². The Kier molecular flexibility index (Phi) is 7.43. The molecule has 0 saturated carbocycles. The molecule has 0 aliphatic heterocycles. The van der Waals surface area contributed by atoms with Crippen LogP contribution in [0, 0.1) is 11.6 Å². The molecule has 0 aromatic heterocycles. The van der Waals surface area contributed by atoms with Crippen molar-refractivity contribution >= 4 is 0 Å². The van der Waals surface area contributed by atoms with Gasteiger partial charge in [-0.2, -0.15) is 0 Å². The third-order valence-electron chi connectivity index (χ3n) is 2.61. The number of ether oxygens (including phenoxy) is 2.